The minimum Gasteiger partial charge on any atom is -0.375 e. The number of rotatable bonds is 7. The number of amides is 2. The molecule has 3 aromatic rings. The summed E-state index contributed by atoms with van der Waals surface area (Å²) < 4.78 is 15.8. The number of nitrogens with zero attached hydrogens (tertiary/aromatic N) is 3. The monoisotopic (exact) mass is 381 g/mol. The Bertz CT molecular complexity index is 924. The molecule has 0 aliphatic rings. The van der Waals surface area contributed by atoms with Gasteiger partial charge in [-0.15, -0.1) is 0 Å². The van der Waals surface area contributed by atoms with Crippen molar-refractivity contribution in [2.75, 3.05) is 19.0 Å². The minimum atomic E-state index is -0.312. The normalized spacial score (nSPS) is 10.5. The second-order valence-corrected chi connectivity index (χ2v) is 6.75. The van der Waals surface area contributed by atoms with Crippen LogP contribution in [0.3, 0.4) is 0 Å². The highest BCUT2D eigenvalue weighted by molar-refractivity contribution is 5.73. The molecule has 0 saturated heterocycles. The van der Waals surface area contributed by atoms with Crippen LogP contribution in [0, 0.1) is 5.82 Å². The van der Waals surface area contributed by atoms with E-state index >= 15 is 0 Å². The van der Waals surface area contributed by atoms with E-state index in [1.807, 2.05) is 41.2 Å². The van der Waals surface area contributed by atoms with Gasteiger partial charge in [0.2, 0.25) is 0 Å². The molecule has 0 radical (unpaired) electrons. The molecule has 7 heteroatoms. The van der Waals surface area contributed by atoms with E-state index in [1.54, 1.807) is 37.3 Å². The second-order valence-electron chi connectivity index (χ2n) is 6.75. The van der Waals surface area contributed by atoms with E-state index < -0.39 is 0 Å². The third-order valence-corrected chi connectivity index (χ3v) is 4.27. The number of halogens is 1. The van der Waals surface area contributed by atoms with E-state index in [2.05, 4.69) is 15.7 Å². The van der Waals surface area contributed by atoms with Crippen LogP contribution in [-0.4, -0.2) is 29.9 Å². The van der Waals surface area contributed by atoms with Gasteiger partial charge in [0.15, 0.2) is 0 Å². The predicted molar refractivity (Wildman–Crippen MR) is 108 cm³/mol. The van der Waals surface area contributed by atoms with Crippen LogP contribution >= 0.6 is 0 Å². The number of anilines is 1. The van der Waals surface area contributed by atoms with E-state index in [4.69, 9.17) is 0 Å². The van der Waals surface area contributed by atoms with Crippen LogP contribution in [0.25, 0.3) is 0 Å². The molecule has 6 nitrogen and oxygen atoms in total. The lowest BCUT2D eigenvalue weighted by atomic mass is 10.2. The van der Waals surface area contributed by atoms with Crippen molar-refractivity contribution in [2.24, 2.45) is 0 Å². The molecular formula is C21H24FN5O. The zero-order chi connectivity index (χ0) is 19.9. The maximum atomic E-state index is 14.0. The molecule has 0 bridgehead atoms. The molecule has 3 rings (SSSR count). The Morgan fingerprint density at radius 2 is 1.75 bits per heavy atom. The summed E-state index contributed by atoms with van der Waals surface area (Å²) in [6.45, 7) is 1.31. The molecule has 0 unspecified atom stereocenters. The molecular weight excluding hydrogens is 357 g/mol. The summed E-state index contributed by atoms with van der Waals surface area (Å²) in [5, 5.41) is 9.83. The lowest BCUT2D eigenvalue weighted by molar-refractivity contribution is 0.240. The summed E-state index contributed by atoms with van der Waals surface area (Å²) in [5.74, 6) is -0.310. The summed E-state index contributed by atoms with van der Waals surface area (Å²) in [5.41, 5.74) is 3.29. The summed E-state index contributed by atoms with van der Waals surface area (Å²) in [7, 11) is 3.57. The Hall–Kier alpha value is -3.35. The summed E-state index contributed by atoms with van der Waals surface area (Å²) >= 11 is 0. The number of hydrogen-bond donors (Lipinski definition) is 2. The fraction of sp³-hybridized carbons (Fsp3) is 0.238. The van der Waals surface area contributed by atoms with E-state index in [-0.39, 0.29) is 18.4 Å². The second kappa shape index (κ2) is 9.03. The van der Waals surface area contributed by atoms with E-state index in [9.17, 15) is 9.18 Å². The molecule has 0 atom stereocenters. The van der Waals surface area contributed by atoms with E-state index in [0.717, 1.165) is 11.1 Å². The van der Waals surface area contributed by atoms with Crippen LogP contribution in [0.5, 0.6) is 0 Å². The maximum absolute atomic E-state index is 14.0. The highest BCUT2D eigenvalue weighted by Crippen LogP contribution is 2.18. The molecule has 146 valence electrons. The van der Waals surface area contributed by atoms with Gasteiger partial charge in [-0.3, -0.25) is 4.68 Å². The van der Waals surface area contributed by atoms with Gasteiger partial charge in [-0.25, -0.2) is 9.18 Å². The number of nitrogens with one attached hydrogen (secondary N) is 2. The lowest BCUT2D eigenvalue weighted by Crippen LogP contribution is -2.34. The Morgan fingerprint density at radius 3 is 2.43 bits per heavy atom. The first-order chi connectivity index (χ1) is 13.5. The van der Waals surface area contributed by atoms with Gasteiger partial charge in [0.25, 0.3) is 0 Å². The quantitative estimate of drug-likeness (QED) is 0.661. The van der Waals surface area contributed by atoms with Crippen molar-refractivity contribution in [3.63, 3.8) is 0 Å². The molecule has 0 spiro atoms. The SMILES string of the molecule is CN(C)c1ccc(CNC(=O)NCc2cnn(Cc3ccccc3)c2)cc1F. The van der Waals surface area contributed by atoms with Gasteiger partial charge in [0.05, 0.1) is 18.4 Å². The smallest absolute Gasteiger partial charge is 0.315 e. The molecule has 2 amide bonds. The number of aromatic nitrogens is 2. The number of benzene rings is 2. The molecule has 2 aromatic carbocycles. The van der Waals surface area contributed by atoms with E-state index in [0.29, 0.717) is 24.3 Å². The first-order valence-corrected chi connectivity index (χ1v) is 9.04. The highest BCUT2D eigenvalue weighted by Gasteiger charge is 2.07. The topological polar surface area (TPSA) is 62.2 Å². The summed E-state index contributed by atoms with van der Waals surface area (Å²) in [4.78, 5) is 13.7. The number of hydrogen-bond acceptors (Lipinski definition) is 3. The minimum absolute atomic E-state index is 0.254. The van der Waals surface area contributed by atoms with Crippen molar-refractivity contribution < 1.29 is 9.18 Å². The lowest BCUT2D eigenvalue weighted by Gasteiger charge is -2.14. The zero-order valence-electron chi connectivity index (χ0n) is 16.0. The third-order valence-electron chi connectivity index (χ3n) is 4.27. The van der Waals surface area contributed by atoms with E-state index in [1.165, 1.54) is 6.07 Å². The van der Waals surface area contributed by atoms with Gasteiger partial charge in [-0.1, -0.05) is 36.4 Å². The fourth-order valence-corrected chi connectivity index (χ4v) is 2.80. The molecule has 0 aliphatic carbocycles. The van der Waals surface area contributed by atoms with Crippen LogP contribution in [0.1, 0.15) is 16.7 Å². The molecule has 0 saturated carbocycles. The standard InChI is InChI=1S/C21H24FN5O/c1-26(2)20-9-8-17(10-19(20)22)11-23-21(28)24-12-18-13-25-27(15-18)14-16-6-4-3-5-7-16/h3-10,13,15H,11-12,14H2,1-2H3,(H2,23,24,28). The third kappa shape index (κ3) is 5.33. The van der Waals surface area contributed by atoms with Crippen molar-refractivity contribution in [3.8, 4) is 0 Å². The average molecular weight is 381 g/mol. The maximum Gasteiger partial charge on any atom is 0.315 e. The Balaban J connectivity index is 1.45. The number of carbonyl (C=O) groups is 1. The molecule has 0 fully saturated rings. The van der Waals surface area contributed by atoms with Crippen molar-refractivity contribution >= 4 is 11.7 Å². The first-order valence-electron chi connectivity index (χ1n) is 9.04. The van der Waals surface area contributed by atoms with Gasteiger partial charge in [-0.2, -0.15) is 5.10 Å². The fourth-order valence-electron chi connectivity index (χ4n) is 2.80. The first kappa shape index (κ1) is 19.4. The molecule has 1 heterocycles. The van der Waals surface area contributed by atoms with Crippen LogP contribution in [0.15, 0.2) is 60.9 Å². The average Bonchev–Trinajstić information content (AvgIpc) is 3.12. The largest absolute Gasteiger partial charge is 0.375 e. The van der Waals surface area contributed by atoms with Gasteiger partial charge in [0.1, 0.15) is 5.82 Å². The molecule has 0 aliphatic heterocycles. The van der Waals surface area contributed by atoms with Crippen molar-refractivity contribution in [1.82, 2.24) is 20.4 Å². The van der Waals surface area contributed by atoms with Gasteiger partial charge < -0.3 is 15.5 Å². The molecule has 28 heavy (non-hydrogen) atoms. The Kier molecular flexibility index (Phi) is 6.26. The Morgan fingerprint density at radius 1 is 1.04 bits per heavy atom. The molecule has 2 N–H and O–H groups in total. The predicted octanol–water partition coefficient (Wildman–Crippen LogP) is 3.14. The van der Waals surface area contributed by atoms with Crippen molar-refractivity contribution in [2.45, 2.75) is 19.6 Å². The van der Waals surface area contributed by atoms with Gasteiger partial charge >= 0.3 is 6.03 Å². The van der Waals surface area contributed by atoms with Gasteiger partial charge in [0, 0.05) is 38.9 Å². The van der Waals surface area contributed by atoms with Crippen LogP contribution in [0.2, 0.25) is 0 Å². The Labute approximate surface area is 164 Å². The summed E-state index contributed by atoms with van der Waals surface area (Å²) in [6.07, 6.45) is 3.64. The van der Waals surface area contributed by atoms with Crippen LogP contribution < -0.4 is 15.5 Å². The zero-order valence-corrected chi connectivity index (χ0v) is 16.0. The highest BCUT2D eigenvalue weighted by atomic mass is 19.1. The number of carbonyl (C=O) groups excluding carboxylic acids is 1. The van der Waals surface area contributed by atoms with Crippen molar-refractivity contribution in [3.05, 3.63) is 83.4 Å². The molecule has 1 aromatic heterocycles. The number of urea groups is 1. The summed E-state index contributed by atoms with van der Waals surface area (Å²) in [6, 6.07) is 14.7. The van der Waals surface area contributed by atoms with Crippen LogP contribution in [0.4, 0.5) is 14.9 Å². The van der Waals surface area contributed by atoms with Crippen molar-refractivity contribution in [1.29, 1.82) is 0 Å². The van der Waals surface area contributed by atoms with Gasteiger partial charge in [-0.05, 0) is 23.3 Å². The van der Waals surface area contributed by atoms with Crippen LogP contribution in [-0.2, 0) is 19.6 Å².